The van der Waals surface area contributed by atoms with Gasteiger partial charge < -0.3 is 4.74 Å². The van der Waals surface area contributed by atoms with Gasteiger partial charge in [-0.05, 0) is 29.3 Å². The monoisotopic (exact) mass is 317 g/mol. The lowest BCUT2D eigenvalue weighted by molar-refractivity contribution is 0.412. The van der Waals surface area contributed by atoms with Crippen molar-refractivity contribution in [2.45, 2.75) is 6.54 Å². The van der Waals surface area contributed by atoms with E-state index < -0.39 is 10.0 Å². The first-order valence-corrected chi connectivity index (χ1v) is 8.34. The molecule has 0 saturated heterocycles. The second kappa shape index (κ2) is 7.24. The third kappa shape index (κ3) is 4.44. The highest BCUT2D eigenvalue weighted by atomic mass is 32.2. The van der Waals surface area contributed by atoms with Gasteiger partial charge in [0.25, 0.3) is 0 Å². The van der Waals surface area contributed by atoms with Gasteiger partial charge in [-0.25, -0.2) is 8.42 Å². The fraction of sp³-hybridized carbons (Fsp3) is 0.176. The van der Waals surface area contributed by atoms with E-state index >= 15 is 0 Å². The Kier molecular flexibility index (Phi) is 5.35. The summed E-state index contributed by atoms with van der Waals surface area (Å²) in [7, 11) is -0.319. The second-order valence-electron chi connectivity index (χ2n) is 4.87. The van der Waals surface area contributed by atoms with Crippen LogP contribution in [0.3, 0.4) is 0 Å². The molecule has 5 heteroatoms. The fourth-order valence-electron chi connectivity index (χ4n) is 1.95. The maximum absolute atomic E-state index is 12.3. The van der Waals surface area contributed by atoms with Crippen LogP contribution in [0, 0.1) is 0 Å². The molecule has 0 aliphatic rings. The lowest BCUT2D eigenvalue weighted by Gasteiger charge is -2.15. The van der Waals surface area contributed by atoms with Crippen molar-refractivity contribution in [3.63, 3.8) is 0 Å². The average molecular weight is 317 g/mol. The van der Waals surface area contributed by atoms with E-state index in [1.54, 1.807) is 20.2 Å². The minimum absolute atomic E-state index is 0.290. The maximum atomic E-state index is 12.3. The van der Waals surface area contributed by atoms with E-state index in [1.165, 1.54) is 9.71 Å². The molecule has 2 aromatic rings. The van der Waals surface area contributed by atoms with Gasteiger partial charge >= 0.3 is 0 Å². The zero-order chi connectivity index (χ0) is 16.0. The Morgan fingerprint density at radius 3 is 2.50 bits per heavy atom. The van der Waals surface area contributed by atoms with E-state index in [2.05, 4.69) is 0 Å². The molecule has 0 amide bonds. The highest BCUT2D eigenvalue weighted by Crippen LogP contribution is 2.16. The Hall–Kier alpha value is -2.11. The van der Waals surface area contributed by atoms with Crippen molar-refractivity contribution in [3.05, 3.63) is 71.1 Å². The zero-order valence-corrected chi connectivity index (χ0v) is 13.5. The summed E-state index contributed by atoms with van der Waals surface area (Å²) in [5, 5.41) is 1.22. The van der Waals surface area contributed by atoms with Crippen LogP contribution >= 0.6 is 0 Å². The van der Waals surface area contributed by atoms with E-state index in [9.17, 15) is 8.42 Å². The molecule has 0 heterocycles. The molecule has 0 radical (unpaired) electrons. The minimum Gasteiger partial charge on any atom is -0.497 e. The van der Waals surface area contributed by atoms with Crippen LogP contribution in [0.5, 0.6) is 5.75 Å². The van der Waals surface area contributed by atoms with Gasteiger partial charge in [0.05, 0.1) is 7.11 Å². The van der Waals surface area contributed by atoms with Gasteiger partial charge in [0.2, 0.25) is 10.0 Å². The third-order valence-electron chi connectivity index (χ3n) is 3.21. The molecule has 22 heavy (non-hydrogen) atoms. The lowest BCUT2D eigenvalue weighted by atomic mass is 10.2. The molecule has 0 unspecified atom stereocenters. The SMILES string of the molecule is COc1cccc(CN(C)S(=O)(=O)/C=C/c2ccccc2)c1. The summed E-state index contributed by atoms with van der Waals surface area (Å²) < 4.78 is 31.0. The molecule has 0 aliphatic carbocycles. The maximum Gasteiger partial charge on any atom is 0.236 e. The molecule has 0 atom stereocenters. The van der Waals surface area contributed by atoms with Crippen LogP contribution in [0.15, 0.2) is 60.0 Å². The first kappa shape index (κ1) is 16.3. The van der Waals surface area contributed by atoms with Crippen molar-refractivity contribution in [2.75, 3.05) is 14.2 Å². The summed E-state index contributed by atoms with van der Waals surface area (Å²) in [4.78, 5) is 0. The molecule has 4 nitrogen and oxygen atoms in total. The summed E-state index contributed by atoms with van der Waals surface area (Å²) >= 11 is 0. The van der Waals surface area contributed by atoms with Gasteiger partial charge in [-0.2, -0.15) is 4.31 Å². The molecule has 0 aliphatic heterocycles. The van der Waals surface area contributed by atoms with Crippen LogP contribution in [0.25, 0.3) is 6.08 Å². The Morgan fingerprint density at radius 2 is 1.82 bits per heavy atom. The molecular formula is C17H19NO3S. The van der Waals surface area contributed by atoms with Crippen molar-refractivity contribution in [1.82, 2.24) is 4.31 Å². The van der Waals surface area contributed by atoms with Crippen LogP contribution in [0.4, 0.5) is 0 Å². The number of ether oxygens (including phenoxy) is 1. The number of benzene rings is 2. The molecule has 0 N–H and O–H groups in total. The molecule has 116 valence electrons. The standard InChI is InChI=1S/C17H19NO3S/c1-18(14-16-9-6-10-17(13-16)21-2)22(19,20)12-11-15-7-4-3-5-8-15/h3-13H,14H2,1-2H3/b12-11+. The molecule has 2 rings (SSSR count). The van der Waals surface area contributed by atoms with Crippen molar-refractivity contribution in [1.29, 1.82) is 0 Å². The zero-order valence-electron chi connectivity index (χ0n) is 12.6. The van der Waals surface area contributed by atoms with Crippen LogP contribution in [-0.4, -0.2) is 26.9 Å². The summed E-state index contributed by atoms with van der Waals surface area (Å²) in [5.41, 5.74) is 1.72. The van der Waals surface area contributed by atoms with E-state index in [-0.39, 0.29) is 0 Å². The van der Waals surface area contributed by atoms with Gasteiger partial charge in [0.15, 0.2) is 0 Å². The Bertz CT molecular complexity index is 740. The molecule has 2 aromatic carbocycles. The number of methoxy groups -OCH3 is 1. The summed E-state index contributed by atoms with van der Waals surface area (Å²) in [6.07, 6.45) is 1.59. The van der Waals surface area contributed by atoms with Crippen molar-refractivity contribution in [3.8, 4) is 5.75 Å². The Morgan fingerprint density at radius 1 is 1.09 bits per heavy atom. The van der Waals surface area contributed by atoms with Gasteiger partial charge in [-0.3, -0.25) is 0 Å². The Balaban J connectivity index is 2.10. The normalized spacial score (nSPS) is 12.0. The van der Waals surface area contributed by atoms with Crippen molar-refractivity contribution in [2.24, 2.45) is 0 Å². The molecule has 0 fully saturated rings. The van der Waals surface area contributed by atoms with Crippen LogP contribution in [-0.2, 0) is 16.6 Å². The number of hydrogen-bond donors (Lipinski definition) is 0. The first-order valence-electron chi connectivity index (χ1n) is 6.84. The minimum atomic E-state index is -3.46. The van der Waals surface area contributed by atoms with E-state index in [0.717, 1.165) is 11.1 Å². The topological polar surface area (TPSA) is 46.6 Å². The number of sulfonamides is 1. The van der Waals surface area contributed by atoms with Crippen LogP contribution in [0.1, 0.15) is 11.1 Å². The molecule has 0 aromatic heterocycles. The molecule has 0 spiro atoms. The van der Waals surface area contributed by atoms with E-state index in [4.69, 9.17) is 4.74 Å². The van der Waals surface area contributed by atoms with Gasteiger partial charge in [0.1, 0.15) is 5.75 Å². The van der Waals surface area contributed by atoms with Gasteiger partial charge in [-0.1, -0.05) is 42.5 Å². The predicted molar refractivity (Wildman–Crippen MR) is 88.9 cm³/mol. The summed E-state index contributed by atoms with van der Waals surface area (Å²) in [6.45, 7) is 0.290. The summed E-state index contributed by atoms with van der Waals surface area (Å²) in [5.74, 6) is 0.711. The number of hydrogen-bond acceptors (Lipinski definition) is 3. The van der Waals surface area contributed by atoms with Crippen molar-refractivity contribution < 1.29 is 13.2 Å². The Labute approximate surface area is 131 Å². The van der Waals surface area contributed by atoms with Crippen LogP contribution < -0.4 is 4.74 Å². The van der Waals surface area contributed by atoms with Gasteiger partial charge in [0, 0.05) is 19.0 Å². The van der Waals surface area contributed by atoms with Crippen LogP contribution in [0.2, 0.25) is 0 Å². The fourth-order valence-corrected chi connectivity index (χ4v) is 2.82. The quantitative estimate of drug-likeness (QED) is 0.822. The number of rotatable bonds is 6. The third-order valence-corrected chi connectivity index (χ3v) is 4.68. The molecule has 0 bridgehead atoms. The van der Waals surface area contributed by atoms with E-state index in [0.29, 0.717) is 12.3 Å². The highest BCUT2D eigenvalue weighted by Gasteiger charge is 2.14. The summed E-state index contributed by atoms with van der Waals surface area (Å²) in [6, 6.07) is 16.7. The number of nitrogens with zero attached hydrogens (tertiary/aromatic N) is 1. The molecule has 0 saturated carbocycles. The highest BCUT2D eigenvalue weighted by molar-refractivity contribution is 7.92. The average Bonchev–Trinajstić information content (AvgIpc) is 2.54. The van der Waals surface area contributed by atoms with E-state index in [1.807, 2.05) is 54.6 Å². The first-order chi connectivity index (χ1) is 10.5. The largest absolute Gasteiger partial charge is 0.497 e. The predicted octanol–water partition coefficient (Wildman–Crippen LogP) is 3.13. The smallest absolute Gasteiger partial charge is 0.236 e. The second-order valence-corrected chi connectivity index (χ2v) is 6.79. The molecular weight excluding hydrogens is 298 g/mol. The lowest BCUT2D eigenvalue weighted by Crippen LogP contribution is -2.24. The van der Waals surface area contributed by atoms with Gasteiger partial charge in [-0.15, -0.1) is 0 Å². The van der Waals surface area contributed by atoms with Crippen molar-refractivity contribution >= 4 is 16.1 Å².